The fourth-order valence-corrected chi connectivity index (χ4v) is 2.47. The van der Waals surface area contributed by atoms with Crippen LogP contribution in [0.1, 0.15) is 18.4 Å². The van der Waals surface area contributed by atoms with Crippen LogP contribution in [0.25, 0.3) is 0 Å². The molecule has 1 aromatic rings. The minimum atomic E-state index is -0.827. The summed E-state index contributed by atoms with van der Waals surface area (Å²) in [6.45, 7) is 1.18. The largest absolute Gasteiger partial charge is 0.465 e. The first-order chi connectivity index (χ1) is 9.15. The Balaban J connectivity index is 1.75. The molecule has 0 aromatic heterocycles. The molecule has 2 rings (SSSR count). The van der Waals surface area contributed by atoms with E-state index in [9.17, 15) is 4.79 Å². The van der Waals surface area contributed by atoms with Crippen molar-refractivity contribution in [2.24, 2.45) is 5.73 Å². The highest BCUT2D eigenvalue weighted by molar-refractivity contribution is 5.65. The van der Waals surface area contributed by atoms with Gasteiger partial charge in [0.2, 0.25) is 0 Å². The van der Waals surface area contributed by atoms with Crippen molar-refractivity contribution in [3.8, 4) is 0 Å². The predicted octanol–water partition coefficient (Wildman–Crippen LogP) is 1.25. The van der Waals surface area contributed by atoms with Gasteiger partial charge >= 0.3 is 6.09 Å². The van der Waals surface area contributed by atoms with E-state index in [-0.39, 0.29) is 6.17 Å². The van der Waals surface area contributed by atoms with Crippen LogP contribution < -0.4 is 11.1 Å². The van der Waals surface area contributed by atoms with E-state index in [4.69, 9.17) is 10.8 Å². The van der Waals surface area contributed by atoms with Crippen molar-refractivity contribution in [1.82, 2.24) is 10.2 Å². The fraction of sp³-hybridized carbons (Fsp3) is 0.500. The van der Waals surface area contributed by atoms with Crippen LogP contribution in [-0.2, 0) is 6.42 Å². The number of likely N-dealkylation sites (tertiary alicyclic amines) is 1. The molecule has 0 spiro atoms. The molecule has 1 saturated heterocycles. The number of benzene rings is 1. The average molecular weight is 263 g/mol. The summed E-state index contributed by atoms with van der Waals surface area (Å²) in [6, 6.07) is 10.4. The predicted molar refractivity (Wildman–Crippen MR) is 73.9 cm³/mol. The molecule has 1 fully saturated rings. The number of rotatable bonds is 4. The molecule has 1 amide bonds. The first-order valence-electron chi connectivity index (χ1n) is 6.68. The Labute approximate surface area is 113 Å². The summed E-state index contributed by atoms with van der Waals surface area (Å²) in [5, 5.41) is 12.3. The second-order valence-electron chi connectivity index (χ2n) is 5.01. The Morgan fingerprint density at radius 3 is 2.58 bits per heavy atom. The zero-order chi connectivity index (χ0) is 13.7. The zero-order valence-corrected chi connectivity index (χ0v) is 11.0. The number of nitrogens with two attached hydrogens (primary N) is 1. The van der Waals surface area contributed by atoms with Gasteiger partial charge in [0.05, 0.1) is 6.17 Å². The van der Waals surface area contributed by atoms with Crippen LogP contribution in [0.15, 0.2) is 30.3 Å². The number of nitrogens with zero attached hydrogens (tertiary/aromatic N) is 1. The van der Waals surface area contributed by atoms with Crippen LogP contribution in [0.4, 0.5) is 4.79 Å². The first-order valence-corrected chi connectivity index (χ1v) is 6.68. The molecule has 5 heteroatoms. The SMILES string of the molecule is NC(Cc1ccccc1)NC1CCN(C(=O)O)CC1. The summed E-state index contributed by atoms with van der Waals surface area (Å²) in [6.07, 6.45) is 1.54. The van der Waals surface area contributed by atoms with Gasteiger partial charge in [-0.1, -0.05) is 30.3 Å². The lowest BCUT2D eigenvalue weighted by atomic mass is 10.0. The molecule has 0 saturated carbocycles. The highest BCUT2D eigenvalue weighted by atomic mass is 16.4. The van der Waals surface area contributed by atoms with Crippen molar-refractivity contribution in [2.45, 2.75) is 31.5 Å². The molecule has 1 heterocycles. The van der Waals surface area contributed by atoms with Crippen LogP contribution in [0, 0.1) is 0 Å². The lowest BCUT2D eigenvalue weighted by molar-refractivity contribution is 0.127. The number of piperidine rings is 1. The van der Waals surface area contributed by atoms with E-state index in [1.165, 1.54) is 10.5 Å². The lowest BCUT2D eigenvalue weighted by Gasteiger charge is -2.32. The molecule has 0 aliphatic carbocycles. The van der Waals surface area contributed by atoms with Gasteiger partial charge < -0.3 is 15.7 Å². The Bertz CT molecular complexity index is 402. The highest BCUT2D eigenvalue weighted by Gasteiger charge is 2.23. The molecule has 1 unspecified atom stereocenters. The van der Waals surface area contributed by atoms with Gasteiger partial charge in [-0.2, -0.15) is 0 Å². The number of nitrogens with one attached hydrogen (secondary N) is 1. The van der Waals surface area contributed by atoms with E-state index in [0.717, 1.165) is 19.3 Å². The quantitative estimate of drug-likeness (QED) is 0.714. The molecule has 104 valence electrons. The summed E-state index contributed by atoms with van der Waals surface area (Å²) in [5.41, 5.74) is 7.30. The molecule has 19 heavy (non-hydrogen) atoms. The normalized spacial score (nSPS) is 18.3. The first kappa shape index (κ1) is 13.8. The molecule has 1 aromatic carbocycles. The standard InChI is InChI=1S/C14H21N3O2/c15-13(10-11-4-2-1-3-5-11)16-12-6-8-17(9-7-12)14(18)19/h1-5,12-13,16H,6-10,15H2,(H,18,19). The van der Waals surface area contributed by atoms with Crippen LogP contribution >= 0.6 is 0 Å². The summed E-state index contributed by atoms with van der Waals surface area (Å²) < 4.78 is 0. The zero-order valence-electron chi connectivity index (χ0n) is 11.0. The van der Waals surface area contributed by atoms with E-state index in [1.807, 2.05) is 18.2 Å². The van der Waals surface area contributed by atoms with Gasteiger partial charge in [0.25, 0.3) is 0 Å². The Kier molecular flexibility index (Phi) is 4.76. The number of hydrogen-bond acceptors (Lipinski definition) is 3. The maximum absolute atomic E-state index is 10.8. The third kappa shape index (κ3) is 4.22. The number of carboxylic acid groups (broad SMARTS) is 1. The van der Waals surface area contributed by atoms with Crippen LogP contribution in [0.5, 0.6) is 0 Å². The van der Waals surface area contributed by atoms with Gasteiger partial charge in [-0.3, -0.25) is 5.32 Å². The maximum Gasteiger partial charge on any atom is 0.407 e. The lowest BCUT2D eigenvalue weighted by Crippen LogP contribution is -2.50. The highest BCUT2D eigenvalue weighted by Crippen LogP contribution is 2.11. The smallest absolute Gasteiger partial charge is 0.407 e. The summed E-state index contributed by atoms with van der Waals surface area (Å²) >= 11 is 0. The Hall–Kier alpha value is -1.59. The van der Waals surface area contributed by atoms with Crippen molar-refractivity contribution in [1.29, 1.82) is 0 Å². The van der Waals surface area contributed by atoms with Gasteiger partial charge in [-0.05, 0) is 18.4 Å². The van der Waals surface area contributed by atoms with Crippen molar-refractivity contribution in [3.63, 3.8) is 0 Å². The third-order valence-corrected chi connectivity index (χ3v) is 3.51. The Morgan fingerprint density at radius 2 is 2.00 bits per heavy atom. The van der Waals surface area contributed by atoms with Crippen molar-refractivity contribution >= 4 is 6.09 Å². The Morgan fingerprint density at radius 1 is 1.37 bits per heavy atom. The average Bonchev–Trinajstić information content (AvgIpc) is 2.40. The molecule has 0 bridgehead atoms. The molecule has 0 radical (unpaired) electrons. The molecular weight excluding hydrogens is 242 g/mol. The van der Waals surface area contributed by atoms with Crippen molar-refractivity contribution in [3.05, 3.63) is 35.9 Å². The fourth-order valence-electron chi connectivity index (χ4n) is 2.47. The monoisotopic (exact) mass is 263 g/mol. The van der Waals surface area contributed by atoms with Crippen molar-refractivity contribution < 1.29 is 9.90 Å². The van der Waals surface area contributed by atoms with E-state index in [1.54, 1.807) is 0 Å². The van der Waals surface area contributed by atoms with E-state index in [0.29, 0.717) is 19.1 Å². The second-order valence-corrected chi connectivity index (χ2v) is 5.01. The van der Waals surface area contributed by atoms with Crippen LogP contribution in [0.2, 0.25) is 0 Å². The molecular formula is C14H21N3O2. The summed E-state index contributed by atoms with van der Waals surface area (Å²) in [7, 11) is 0. The molecule has 1 atom stereocenters. The summed E-state index contributed by atoms with van der Waals surface area (Å²) in [5.74, 6) is 0. The number of carbonyl (C=O) groups is 1. The topological polar surface area (TPSA) is 78.6 Å². The molecule has 1 aliphatic rings. The minimum absolute atomic E-state index is 0.0798. The molecule has 5 nitrogen and oxygen atoms in total. The molecule has 4 N–H and O–H groups in total. The van der Waals surface area contributed by atoms with Crippen molar-refractivity contribution in [2.75, 3.05) is 13.1 Å². The van der Waals surface area contributed by atoms with Gasteiger partial charge in [0, 0.05) is 25.6 Å². The maximum atomic E-state index is 10.8. The third-order valence-electron chi connectivity index (χ3n) is 3.51. The number of amides is 1. The van der Waals surface area contributed by atoms with Gasteiger partial charge in [0.1, 0.15) is 0 Å². The van der Waals surface area contributed by atoms with Gasteiger partial charge in [-0.15, -0.1) is 0 Å². The molecule has 1 aliphatic heterocycles. The second kappa shape index (κ2) is 6.54. The van der Waals surface area contributed by atoms with Gasteiger partial charge in [0.15, 0.2) is 0 Å². The minimum Gasteiger partial charge on any atom is -0.465 e. The van der Waals surface area contributed by atoms with Crippen LogP contribution in [-0.4, -0.2) is 41.4 Å². The number of hydrogen-bond donors (Lipinski definition) is 3. The van der Waals surface area contributed by atoms with Crippen LogP contribution in [0.3, 0.4) is 0 Å². The van der Waals surface area contributed by atoms with E-state index in [2.05, 4.69) is 17.4 Å². The van der Waals surface area contributed by atoms with E-state index < -0.39 is 6.09 Å². The summed E-state index contributed by atoms with van der Waals surface area (Å²) in [4.78, 5) is 12.3. The van der Waals surface area contributed by atoms with E-state index >= 15 is 0 Å². The van der Waals surface area contributed by atoms with Gasteiger partial charge in [-0.25, -0.2) is 4.79 Å².